The fourth-order valence-corrected chi connectivity index (χ4v) is 3.90. The first-order valence-corrected chi connectivity index (χ1v) is 8.90. The summed E-state index contributed by atoms with van der Waals surface area (Å²) in [6.45, 7) is 1.92. The zero-order valence-electron chi connectivity index (χ0n) is 12.8. The molecule has 120 valence electrons. The predicted molar refractivity (Wildman–Crippen MR) is 93.9 cm³/mol. The minimum absolute atomic E-state index is 0.0131. The highest BCUT2D eigenvalue weighted by Crippen LogP contribution is 2.37. The van der Waals surface area contributed by atoms with Crippen molar-refractivity contribution in [2.75, 3.05) is 5.75 Å². The lowest BCUT2D eigenvalue weighted by atomic mass is 10.0. The van der Waals surface area contributed by atoms with Gasteiger partial charge < -0.3 is 10.6 Å². The molecule has 2 heterocycles. The molecule has 2 N–H and O–H groups in total. The van der Waals surface area contributed by atoms with Crippen LogP contribution in [0.3, 0.4) is 0 Å². The van der Waals surface area contributed by atoms with E-state index in [-0.39, 0.29) is 18.1 Å². The minimum Gasteiger partial charge on any atom is -0.331 e. The molecule has 3 rings (SSSR count). The average molecular weight is 348 g/mol. The number of nitrogens with zero attached hydrogens (tertiary/aromatic N) is 1. The van der Waals surface area contributed by atoms with Gasteiger partial charge >= 0.3 is 6.03 Å². The van der Waals surface area contributed by atoms with Gasteiger partial charge in [0, 0.05) is 21.9 Å². The molecule has 0 saturated heterocycles. The zero-order chi connectivity index (χ0) is 16.2. The van der Waals surface area contributed by atoms with Crippen molar-refractivity contribution in [1.29, 1.82) is 0 Å². The molecule has 0 saturated carbocycles. The number of nitrogens with one attached hydrogen (secondary N) is 2. The van der Waals surface area contributed by atoms with Gasteiger partial charge in [0.05, 0.1) is 17.8 Å². The summed E-state index contributed by atoms with van der Waals surface area (Å²) < 4.78 is 0. The molecule has 6 heteroatoms. The third kappa shape index (κ3) is 3.98. The number of thioether (sulfide) groups is 1. The largest absolute Gasteiger partial charge is 0.331 e. The summed E-state index contributed by atoms with van der Waals surface area (Å²) in [6.07, 6.45) is 2.62. The van der Waals surface area contributed by atoms with Gasteiger partial charge in [-0.25, -0.2) is 4.79 Å². The Labute approximate surface area is 145 Å². The van der Waals surface area contributed by atoms with E-state index in [4.69, 9.17) is 11.6 Å². The minimum atomic E-state index is -0.189. The normalized spacial score (nSPS) is 17.9. The molecule has 0 spiro atoms. The van der Waals surface area contributed by atoms with E-state index < -0.39 is 0 Å². The van der Waals surface area contributed by atoms with Crippen molar-refractivity contribution >= 4 is 29.4 Å². The van der Waals surface area contributed by atoms with E-state index in [2.05, 4.69) is 15.6 Å². The number of amides is 2. The van der Waals surface area contributed by atoms with E-state index in [9.17, 15) is 4.79 Å². The summed E-state index contributed by atoms with van der Waals surface area (Å²) in [5.74, 6) is 0.982. The van der Waals surface area contributed by atoms with Crippen LogP contribution in [0.25, 0.3) is 0 Å². The molecule has 2 aromatic rings. The van der Waals surface area contributed by atoms with Crippen LogP contribution in [0.1, 0.15) is 36.7 Å². The van der Waals surface area contributed by atoms with E-state index >= 15 is 0 Å². The number of carbonyl (C=O) groups excluding carboxylic acids is 1. The molecule has 4 nitrogen and oxygen atoms in total. The fraction of sp³-hybridized carbons (Fsp3) is 0.294. The Balaban J connectivity index is 1.66. The molecule has 23 heavy (non-hydrogen) atoms. The highest BCUT2D eigenvalue weighted by atomic mass is 35.5. The lowest BCUT2D eigenvalue weighted by Crippen LogP contribution is -2.40. The maximum atomic E-state index is 12.3. The summed E-state index contributed by atoms with van der Waals surface area (Å²) in [6, 6.07) is 11.2. The molecule has 1 aliphatic heterocycles. The number of hydrogen-bond donors (Lipinski definition) is 2. The fourth-order valence-electron chi connectivity index (χ4n) is 2.62. The van der Waals surface area contributed by atoms with Crippen molar-refractivity contribution in [2.45, 2.75) is 30.3 Å². The van der Waals surface area contributed by atoms with E-state index in [1.165, 1.54) is 4.90 Å². The molecule has 0 bridgehead atoms. The number of urea groups is 1. The van der Waals surface area contributed by atoms with Gasteiger partial charge in [-0.15, -0.1) is 11.8 Å². The molecule has 2 atom stereocenters. The van der Waals surface area contributed by atoms with Crippen LogP contribution in [0.4, 0.5) is 4.79 Å². The third-order valence-electron chi connectivity index (χ3n) is 3.80. The predicted octanol–water partition coefficient (Wildman–Crippen LogP) is 4.33. The molecule has 1 aromatic carbocycles. The maximum Gasteiger partial charge on any atom is 0.315 e. The van der Waals surface area contributed by atoms with Crippen molar-refractivity contribution < 1.29 is 4.79 Å². The molecule has 0 aliphatic carbocycles. The summed E-state index contributed by atoms with van der Waals surface area (Å²) in [7, 11) is 0. The van der Waals surface area contributed by atoms with E-state index in [0.717, 1.165) is 23.4 Å². The van der Waals surface area contributed by atoms with Gasteiger partial charge in [0.15, 0.2) is 0 Å². The van der Waals surface area contributed by atoms with Crippen LogP contribution in [-0.2, 0) is 0 Å². The first-order chi connectivity index (χ1) is 11.1. The van der Waals surface area contributed by atoms with Crippen LogP contribution in [0, 0.1) is 0 Å². The lowest BCUT2D eigenvalue weighted by Gasteiger charge is -2.27. The molecular weight excluding hydrogens is 330 g/mol. The Bertz CT molecular complexity index is 695. The number of rotatable bonds is 3. The zero-order valence-corrected chi connectivity index (χ0v) is 14.3. The molecule has 1 aromatic heterocycles. The molecular formula is C17H18ClN3OS. The van der Waals surface area contributed by atoms with Crippen molar-refractivity contribution in [2.24, 2.45) is 0 Å². The highest BCUT2D eigenvalue weighted by Gasteiger charge is 2.23. The molecule has 0 fully saturated rings. The summed E-state index contributed by atoms with van der Waals surface area (Å²) in [5, 5.41) is 6.68. The number of aromatic nitrogens is 1. The van der Waals surface area contributed by atoms with Crippen molar-refractivity contribution in [1.82, 2.24) is 15.6 Å². The van der Waals surface area contributed by atoms with Gasteiger partial charge in [0.25, 0.3) is 0 Å². The molecule has 0 radical (unpaired) electrons. The van der Waals surface area contributed by atoms with Gasteiger partial charge in [0.1, 0.15) is 0 Å². The van der Waals surface area contributed by atoms with E-state index in [1.54, 1.807) is 18.0 Å². The number of halogens is 1. The van der Waals surface area contributed by atoms with Crippen LogP contribution in [-0.4, -0.2) is 16.8 Å². The second-order valence-electron chi connectivity index (χ2n) is 5.47. The Morgan fingerprint density at radius 3 is 3.04 bits per heavy atom. The maximum absolute atomic E-state index is 12.3. The molecule has 1 aliphatic rings. The van der Waals surface area contributed by atoms with Gasteiger partial charge in [-0.3, -0.25) is 4.98 Å². The van der Waals surface area contributed by atoms with Crippen molar-refractivity contribution in [3.05, 3.63) is 58.9 Å². The Kier molecular flexibility index (Phi) is 5.08. The SMILES string of the molecule is C[C@@H](NC(=O)N[C@@H]1CCSc2ccc(Cl)cc21)c1ccccn1. The summed E-state index contributed by atoms with van der Waals surface area (Å²) >= 11 is 7.90. The molecule has 0 unspecified atom stereocenters. The number of hydrogen-bond acceptors (Lipinski definition) is 3. The third-order valence-corrected chi connectivity index (χ3v) is 5.15. The average Bonchev–Trinajstić information content (AvgIpc) is 2.56. The van der Waals surface area contributed by atoms with Crippen LogP contribution in [0.2, 0.25) is 5.02 Å². The van der Waals surface area contributed by atoms with Crippen LogP contribution in [0.15, 0.2) is 47.5 Å². The van der Waals surface area contributed by atoms with Crippen molar-refractivity contribution in [3.63, 3.8) is 0 Å². The Morgan fingerprint density at radius 2 is 2.26 bits per heavy atom. The van der Waals surface area contributed by atoms with Gasteiger partial charge in [-0.1, -0.05) is 17.7 Å². The van der Waals surface area contributed by atoms with Gasteiger partial charge in [-0.2, -0.15) is 0 Å². The topological polar surface area (TPSA) is 54.0 Å². The van der Waals surface area contributed by atoms with Crippen LogP contribution < -0.4 is 10.6 Å². The Hall–Kier alpha value is -1.72. The standard InChI is InChI=1S/C17H18ClN3OS/c1-11(14-4-2-3-8-19-14)20-17(22)21-15-7-9-23-16-6-5-12(18)10-13(15)16/h2-6,8,10-11,15H,7,9H2,1H3,(H2,20,21,22)/t11-,15-/m1/s1. The number of benzene rings is 1. The van der Waals surface area contributed by atoms with E-state index in [0.29, 0.717) is 5.02 Å². The number of fused-ring (bicyclic) bond motifs is 1. The van der Waals surface area contributed by atoms with Crippen molar-refractivity contribution in [3.8, 4) is 0 Å². The smallest absolute Gasteiger partial charge is 0.315 e. The first-order valence-electron chi connectivity index (χ1n) is 7.53. The summed E-state index contributed by atoms with van der Waals surface area (Å²) in [4.78, 5) is 17.7. The van der Waals surface area contributed by atoms with Gasteiger partial charge in [-0.05, 0) is 49.2 Å². The van der Waals surface area contributed by atoms with Crippen LogP contribution >= 0.6 is 23.4 Å². The highest BCUT2D eigenvalue weighted by molar-refractivity contribution is 7.99. The molecule has 2 amide bonds. The second-order valence-corrected chi connectivity index (χ2v) is 7.04. The van der Waals surface area contributed by atoms with Crippen LogP contribution in [0.5, 0.6) is 0 Å². The Morgan fingerprint density at radius 1 is 1.39 bits per heavy atom. The summed E-state index contributed by atoms with van der Waals surface area (Å²) in [5.41, 5.74) is 1.93. The monoisotopic (exact) mass is 347 g/mol. The second kappa shape index (κ2) is 7.23. The number of carbonyl (C=O) groups is 1. The van der Waals surface area contributed by atoms with Gasteiger partial charge in [0.2, 0.25) is 0 Å². The quantitative estimate of drug-likeness (QED) is 0.868. The first kappa shape index (κ1) is 16.1. The number of pyridine rings is 1. The lowest BCUT2D eigenvalue weighted by molar-refractivity contribution is 0.233. The van der Waals surface area contributed by atoms with E-state index in [1.807, 2.05) is 43.3 Å².